The summed E-state index contributed by atoms with van der Waals surface area (Å²) in [4.78, 5) is 0.249. The lowest BCUT2D eigenvalue weighted by atomic mass is 10.0. The summed E-state index contributed by atoms with van der Waals surface area (Å²) in [6, 6.07) is 6.63. The van der Waals surface area contributed by atoms with Crippen LogP contribution in [-0.4, -0.2) is 19.2 Å². The summed E-state index contributed by atoms with van der Waals surface area (Å²) in [5.74, 6) is 0. The Morgan fingerprint density at radius 3 is 1.62 bits per heavy atom. The van der Waals surface area contributed by atoms with E-state index in [0.717, 1.165) is 9.27 Å². The van der Waals surface area contributed by atoms with Crippen molar-refractivity contribution in [3.63, 3.8) is 0 Å². The van der Waals surface area contributed by atoms with Crippen LogP contribution in [-0.2, 0) is 10.0 Å². The number of halogens is 1. The van der Waals surface area contributed by atoms with Crippen LogP contribution in [0, 0.1) is 6.92 Å². The molecule has 3 nitrogen and oxygen atoms in total. The van der Waals surface area contributed by atoms with E-state index in [1.807, 2.05) is 13.0 Å². The lowest BCUT2D eigenvalue weighted by molar-refractivity contribution is 0.536. The topological polar surface area (TPSA) is 37.4 Å². The van der Waals surface area contributed by atoms with Gasteiger partial charge in [-0.3, -0.25) is 0 Å². The quantitative estimate of drug-likeness (QED) is 0.114. The van der Waals surface area contributed by atoms with Crippen molar-refractivity contribution >= 4 is 31.9 Å². The van der Waals surface area contributed by atoms with E-state index in [-0.39, 0.29) is 4.90 Å². The van der Waals surface area contributed by atoms with Crippen LogP contribution >= 0.6 is 21.8 Å². The van der Waals surface area contributed by atoms with E-state index in [1.54, 1.807) is 24.3 Å². The van der Waals surface area contributed by atoms with Gasteiger partial charge in [-0.15, -0.1) is 10.3 Å². The molecule has 0 radical (unpaired) electrons. The number of sulfonamides is 1. The first kappa shape index (κ1) is 31.5. The molecule has 0 aliphatic carbocycles. The summed E-state index contributed by atoms with van der Waals surface area (Å²) in [5, 5.41) is 0. The number of rotatable bonds is 18. The Morgan fingerprint density at radius 2 is 1.25 bits per heavy atom. The van der Waals surface area contributed by atoms with E-state index in [0.29, 0.717) is 11.2 Å². The fourth-order valence-corrected chi connectivity index (χ4v) is 5.38. The summed E-state index contributed by atoms with van der Waals surface area (Å²) < 4.78 is 24.4. The first-order valence-corrected chi connectivity index (χ1v) is 15.4. The maximum atomic E-state index is 11.7. The summed E-state index contributed by atoms with van der Waals surface area (Å²) in [6.07, 6.45) is 23.5. The summed E-state index contributed by atoms with van der Waals surface area (Å²) in [6.45, 7) is 7.95. The molecule has 32 heavy (non-hydrogen) atoms. The molecule has 0 unspecified atom stereocenters. The summed E-state index contributed by atoms with van der Waals surface area (Å²) in [5.41, 5.74) is 1.02. The fraction of sp³-hybridized carbons (Fsp3) is 0.692. The van der Waals surface area contributed by atoms with E-state index in [2.05, 4.69) is 13.5 Å². The highest BCUT2D eigenvalue weighted by atomic mass is 35.7. The van der Waals surface area contributed by atoms with Gasteiger partial charge in [0.15, 0.2) is 0 Å². The molecule has 0 bridgehead atoms. The smallest absolute Gasteiger partial charge is 0.206 e. The number of benzene rings is 1. The van der Waals surface area contributed by atoms with Crippen molar-refractivity contribution in [3.8, 4) is 0 Å². The third-order valence-corrected chi connectivity index (χ3v) is 8.93. The monoisotopic (exact) mass is 503 g/mol. The van der Waals surface area contributed by atoms with Gasteiger partial charge in [0.1, 0.15) is 0 Å². The Hall–Kier alpha value is -0.490. The number of aryl methyl sites for hydroxylation is 1. The molecule has 0 aliphatic heterocycles. The minimum atomic E-state index is -3.44. The molecule has 0 amide bonds. The zero-order valence-electron chi connectivity index (χ0n) is 20.7. The SMILES string of the molecule is C=CCCCCCCCCCCCCCCCC.Cc1ccc(S(=O)(=O)N(C)SCl)cc1. The minimum Gasteiger partial charge on any atom is -0.206 e. The second-order valence-electron chi connectivity index (χ2n) is 8.47. The Bertz CT molecular complexity index is 663. The predicted octanol–water partition coefficient (Wildman–Crippen LogP) is 9.46. The van der Waals surface area contributed by atoms with Gasteiger partial charge in [-0.25, -0.2) is 8.42 Å². The normalized spacial score (nSPS) is 11.3. The van der Waals surface area contributed by atoms with Gasteiger partial charge in [0.2, 0.25) is 0 Å². The third-order valence-electron chi connectivity index (χ3n) is 5.52. The minimum absolute atomic E-state index is 0.249. The molecular weight excluding hydrogens is 458 g/mol. The fourth-order valence-electron chi connectivity index (χ4n) is 3.38. The number of hydrogen-bond donors (Lipinski definition) is 0. The highest BCUT2D eigenvalue weighted by Gasteiger charge is 2.20. The van der Waals surface area contributed by atoms with Gasteiger partial charge in [0.05, 0.1) is 4.90 Å². The van der Waals surface area contributed by atoms with Crippen LogP contribution in [0.3, 0.4) is 0 Å². The molecule has 0 atom stereocenters. The molecule has 186 valence electrons. The Labute approximate surface area is 208 Å². The molecule has 0 saturated carbocycles. The van der Waals surface area contributed by atoms with Gasteiger partial charge in [-0.1, -0.05) is 114 Å². The van der Waals surface area contributed by atoms with Gasteiger partial charge in [-0.05, 0) is 42.6 Å². The van der Waals surface area contributed by atoms with Gasteiger partial charge in [-0.2, -0.15) is 0 Å². The average Bonchev–Trinajstić information content (AvgIpc) is 2.79. The Kier molecular flexibility index (Phi) is 20.7. The number of allylic oxidation sites excluding steroid dienone is 1. The zero-order chi connectivity index (χ0) is 24.1. The van der Waals surface area contributed by atoms with E-state index in [4.69, 9.17) is 10.7 Å². The molecule has 0 aromatic heterocycles. The van der Waals surface area contributed by atoms with Crippen LogP contribution in [0.5, 0.6) is 0 Å². The van der Waals surface area contributed by atoms with Crippen molar-refractivity contribution in [3.05, 3.63) is 42.5 Å². The zero-order valence-corrected chi connectivity index (χ0v) is 23.0. The molecule has 0 saturated heterocycles. The van der Waals surface area contributed by atoms with E-state index in [1.165, 1.54) is 103 Å². The Balaban J connectivity index is 0.000000618. The second kappa shape index (κ2) is 21.1. The van der Waals surface area contributed by atoms with Crippen molar-refractivity contribution in [2.24, 2.45) is 0 Å². The maximum Gasteiger partial charge on any atom is 0.252 e. The molecule has 1 rings (SSSR count). The van der Waals surface area contributed by atoms with E-state index in [9.17, 15) is 8.42 Å². The lowest BCUT2D eigenvalue weighted by Gasteiger charge is -2.11. The average molecular weight is 504 g/mol. The molecule has 1 aromatic carbocycles. The largest absolute Gasteiger partial charge is 0.252 e. The van der Waals surface area contributed by atoms with Crippen molar-refractivity contribution in [1.82, 2.24) is 3.71 Å². The van der Waals surface area contributed by atoms with Crippen molar-refractivity contribution in [1.29, 1.82) is 0 Å². The molecule has 0 spiro atoms. The number of hydrogen-bond acceptors (Lipinski definition) is 3. The second-order valence-corrected chi connectivity index (χ2v) is 11.8. The van der Waals surface area contributed by atoms with Gasteiger partial charge in [0.25, 0.3) is 10.0 Å². The van der Waals surface area contributed by atoms with Crippen molar-refractivity contribution < 1.29 is 8.42 Å². The first-order valence-electron chi connectivity index (χ1n) is 12.3. The molecule has 0 N–H and O–H groups in total. The number of nitrogens with zero attached hydrogens (tertiary/aromatic N) is 1. The third kappa shape index (κ3) is 16.2. The summed E-state index contributed by atoms with van der Waals surface area (Å²) in [7, 11) is 3.35. The predicted molar refractivity (Wildman–Crippen MR) is 145 cm³/mol. The molecule has 6 heteroatoms. The summed E-state index contributed by atoms with van der Waals surface area (Å²) >= 11 is 0.648. The van der Waals surface area contributed by atoms with Gasteiger partial charge < -0.3 is 0 Å². The Morgan fingerprint density at radius 1 is 0.844 bits per heavy atom. The van der Waals surface area contributed by atoms with Crippen LogP contribution in [0.1, 0.15) is 109 Å². The number of unbranched alkanes of at least 4 members (excludes halogenated alkanes) is 14. The molecular formula is C26H46ClNO2S2. The lowest BCUT2D eigenvalue weighted by Crippen LogP contribution is -2.18. The highest BCUT2D eigenvalue weighted by molar-refractivity contribution is 8.24. The molecule has 0 aliphatic rings. The van der Waals surface area contributed by atoms with E-state index >= 15 is 0 Å². The molecule has 0 heterocycles. The standard InChI is InChI=1S/C18H36.C8H10ClNO2S2/c1-3-5-7-9-11-13-15-17-18-16-14-12-10-8-6-4-2;1-7-3-5-8(6-4-7)14(11,12)10(2)13-9/h3H,1,4-18H2,2H3;3-6H,1-2H3. The van der Waals surface area contributed by atoms with Crippen molar-refractivity contribution in [2.75, 3.05) is 7.05 Å². The van der Waals surface area contributed by atoms with Gasteiger partial charge in [0, 0.05) is 18.2 Å². The van der Waals surface area contributed by atoms with E-state index < -0.39 is 10.0 Å². The highest BCUT2D eigenvalue weighted by Crippen LogP contribution is 2.23. The van der Waals surface area contributed by atoms with Gasteiger partial charge >= 0.3 is 0 Å². The molecule has 1 aromatic rings. The van der Waals surface area contributed by atoms with Crippen LogP contribution in [0.2, 0.25) is 0 Å². The van der Waals surface area contributed by atoms with Crippen LogP contribution < -0.4 is 0 Å². The van der Waals surface area contributed by atoms with Crippen LogP contribution in [0.4, 0.5) is 0 Å². The molecule has 0 fully saturated rings. The van der Waals surface area contributed by atoms with Crippen LogP contribution in [0.15, 0.2) is 41.8 Å². The maximum absolute atomic E-state index is 11.7. The van der Waals surface area contributed by atoms with Crippen LogP contribution in [0.25, 0.3) is 0 Å². The first-order chi connectivity index (χ1) is 15.4. The van der Waals surface area contributed by atoms with Crippen molar-refractivity contribution in [2.45, 2.75) is 115 Å².